The van der Waals surface area contributed by atoms with Gasteiger partial charge >= 0.3 is 0 Å². The Labute approximate surface area is 243 Å². The first kappa shape index (κ1) is 29.4. The molecule has 210 valence electrons. The van der Waals surface area contributed by atoms with Gasteiger partial charge in [-0.1, -0.05) is 72.8 Å². The van der Waals surface area contributed by atoms with E-state index in [1.165, 1.54) is 22.7 Å². The molecule has 0 aliphatic heterocycles. The van der Waals surface area contributed by atoms with Crippen LogP contribution in [0, 0.1) is 6.92 Å². The van der Waals surface area contributed by atoms with Crippen molar-refractivity contribution in [1.82, 2.24) is 15.2 Å². The van der Waals surface area contributed by atoms with Crippen molar-refractivity contribution < 1.29 is 19.5 Å². The van der Waals surface area contributed by atoms with Gasteiger partial charge < -0.3 is 21.1 Å². The number of primary amides is 1. The second kappa shape index (κ2) is 14.1. The molecule has 0 bridgehead atoms. The largest absolute Gasteiger partial charge is 0.508 e. The fourth-order valence-electron chi connectivity index (χ4n) is 4.43. The number of thioether (sulfide) groups is 1. The zero-order valence-electron chi connectivity index (χ0n) is 22.6. The van der Waals surface area contributed by atoms with Gasteiger partial charge in [-0.15, -0.1) is 11.8 Å². The van der Waals surface area contributed by atoms with E-state index in [9.17, 15) is 19.5 Å². The molecule has 3 aromatic carbocycles. The van der Waals surface area contributed by atoms with E-state index in [-0.39, 0.29) is 30.4 Å². The molecular weight excluding hydrogens is 536 g/mol. The minimum Gasteiger partial charge on any atom is -0.508 e. The molecule has 41 heavy (non-hydrogen) atoms. The Balaban J connectivity index is 1.65. The molecule has 0 radical (unpaired) electrons. The molecule has 0 aliphatic rings. The Morgan fingerprint density at radius 2 is 1.59 bits per heavy atom. The first-order valence-corrected chi connectivity index (χ1v) is 14.1. The number of amides is 3. The van der Waals surface area contributed by atoms with Crippen molar-refractivity contribution >= 4 is 29.5 Å². The molecule has 2 atom stereocenters. The molecule has 0 spiro atoms. The standard InChI is InChI=1S/C32H32N4O4S/c1-22-18-24(12-13-28(22)37)19-27(31(33)39)35-32(40)30(25-10-6-3-7-11-25)36(20-23-8-4-2-5-9-23)29(38)21-41-26-14-16-34-17-15-26/h2-18,27,30,37H,19-21H2,1H3,(H2,33,39)(H,35,40)/t27-,30-/m0/s1. The second-order valence-corrected chi connectivity index (χ2v) is 10.6. The van der Waals surface area contributed by atoms with Gasteiger partial charge in [0.05, 0.1) is 5.75 Å². The lowest BCUT2D eigenvalue weighted by atomic mass is 10.00. The number of nitrogens with two attached hydrogens (primary N) is 1. The van der Waals surface area contributed by atoms with Crippen LogP contribution in [0.1, 0.15) is 28.3 Å². The smallest absolute Gasteiger partial charge is 0.248 e. The van der Waals surface area contributed by atoms with E-state index < -0.39 is 23.9 Å². The van der Waals surface area contributed by atoms with E-state index in [0.29, 0.717) is 11.1 Å². The maximum atomic E-state index is 14.0. The second-order valence-electron chi connectivity index (χ2n) is 9.58. The van der Waals surface area contributed by atoms with Gasteiger partial charge in [0.15, 0.2) is 0 Å². The Morgan fingerprint density at radius 1 is 0.927 bits per heavy atom. The van der Waals surface area contributed by atoms with Gasteiger partial charge in [0.2, 0.25) is 17.7 Å². The van der Waals surface area contributed by atoms with E-state index in [4.69, 9.17) is 5.73 Å². The number of pyridine rings is 1. The molecule has 3 amide bonds. The van der Waals surface area contributed by atoms with Crippen molar-refractivity contribution in [3.63, 3.8) is 0 Å². The van der Waals surface area contributed by atoms with Crippen molar-refractivity contribution in [1.29, 1.82) is 0 Å². The highest BCUT2D eigenvalue weighted by Gasteiger charge is 2.33. The van der Waals surface area contributed by atoms with Crippen molar-refractivity contribution in [2.45, 2.75) is 36.9 Å². The van der Waals surface area contributed by atoms with Crippen LogP contribution in [0.4, 0.5) is 0 Å². The van der Waals surface area contributed by atoms with Gasteiger partial charge in [-0.05, 0) is 47.4 Å². The number of phenolic OH excluding ortho intramolecular Hbond substituents is 1. The topological polar surface area (TPSA) is 126 Å². The van der Waals surface area contributed by atoms with Crippen LogP contribution in [0.15, 0.2) is 108 Å². The zero-order chi connectivity index (χ0) is 29.2. The first-order chi connectivity index (χ1) is 19.8. The van der Waals surface area contributed by atoms with Gasteiger partial charge in [0, 0.05) is 30.3 Å². The first-order valence-electron chi connectivity index (χ1n) is 13.1. The lowest BCUT2D eigenvalue weighted by molar-refractivity contribution is -0.140. The number of rotatable bonds is 12. The van der Waals surface area contributed by atoms with Gasteiger partial charge in [0.25, 0.3) is 0 Å². The van der Waals surface area contributed by atoms with Gasteiger partial charge in [-0.25, -0.2) is 0 Å². The SMILES string of the molecule is Cc1cc(C[C@H](NC(=O)[C@H](c2ccccc2)N(Cc2ccccc2)C(=O)CSc2ccncc2)C(N)=O)ccc1O. The quantitative estimate of drug-likeness (QED) is 0.220. The average molecular weight is 569 g/mol. The highest BCUT2D eigenvalue weighted by molar-refractivity contribution is 8.00. The van der Waals surface area contributed by atoms with Crippen LogP contribution in [0.2, 0.25) is 0 Å². The Morgan fingerprint density at radius 3 is 2.22 bits per heavy atom. The number of nitrogens with one attached hydrogen (secondary N) is 1. The number of aromatic hydroxyl groups is 1. The molecule has 8 nitrogen and oxygen atoms in total. The predicted octanol–water partition coefficient (Wildman–Crippen LogP) is 4.17. The summed E-state index contributed by atoms with van der Waals surface area (Å²) in [6.45, 7) is 1.93. The lowest BCUT2D eigenvalue weighted by Gasteiger charge is -2.32. The van der Waals surface area contributed by atoms with Crippen LogP contribution in [-0.2, 0) is 27.3 Å². The van der Waals surface area contributed by atoms with Crippen LogP contribution in [0.5, 0.6) is 5.75 Å². The van der Waals surface area contributed by atoms with Crippen LogP contribution in [0.25, 0.3) is 0 Å². The normalized spacial score (nSPS) is 12.2. The maximum Gasteiger partial charge on any atom is 0.248 e. The summed E-state index contributed by atoms with van der Waals surface area (Å²) in [6.07, 6.45) is 3.46. The summed E-state index contributed by atoms with van der Waals surface area (Å²) in [6, 6.07) is 25.0. The van der Waals surface area contributed by atoms with Gasteiger partial charge in [0.1, 0.15) is 17.8 Å². The van der Waals surface area contributed by atoms with Crippen LogP contribution >= 0.6 is 11.8 Å². The molecule has 4 aromatic rings. The van der Waals surface area contributed by atoms with Crippen LogP contribution in [0.3, 0.4) is 0 Å². The Hall–Kier alpha value is -4.63. The summed E-state index contributed by atoms with van der Waals surface area (Å²) in [5, 5.41) is 12.7. The van der Waals surface area contributed by atoms with Crippen molar-refractivity contribution in [3.8, 4) is 5.75 Å². The highest BCUT2D eigenvalue weighted by Crippen LogP contribution is 2.27. The fraction of sp³-hybridized carbons (Fsp3) is 0.188. The minimum atomic E-state index is -1.03. The molecule has 0 unspecified atom stereocenters. The average Bonchev–Trinajstić information content (AvgIpc) is 2.98. The van der Waals surface area contributed by atoms with E-state index >= 15 is 0 Å². The minimum absolute atomic E-state index is 0.0967. The van der Waals surface area contributed by atoms with Crippen molar-refractivity contribution in [2.24, 2.45) is 5.73 Å². The Kier molecular flexibility index (Phi) is 10.1. The number of aromatic nitrogens is 1. The third kappa shape index (κ3) is 8.18. The van der Waals surface area contributed by atoms with E-state index in [2.05, 4.69) is 10.3 Å². The molecular formula is C32H32N4O4S. The molecule has 0 saturated heterocycles. The number of carbonyl (C=O) groups is 3. The molecule has 0 saturated carbocycles. The number of nitrogens with zero attached hydrogens (tertiary/aromatic N) is 2. The van der Waals surface area contributed by atoms with Crippen LogP contribution in [-0.4, -0.2) is 44.5 Å². The van der Waals surface area contributed by atoms with E-state index in [1.54, 1.807) is 55.7 Å². The molecule has 1 aromatic heterocycles. The van der Waals surface area contributed by atoms with Crippen molar-refractivity contribution in [2.75, 3.05) is 5.75 Å². The summed E-state index contributed by atoms with van der Waals surface area (Å²) in [5.41, 5.74) is 8.55. The number of phenols is 1. The molecule has 9 heteroatoms. The number of benzene rings is 3. The maximum absolute atomic E-state index is 14.0. The third-order valence-electron chi connectivity index (χ3n) is 6.56. The molecule has 0 aliphatic carbocycles. The van der Waals surface area contributed by atoms with E-state index in [0.717, 1.165) is 16.0 Å². The summed E-state index contributed by atoms with van der Waals surface area (Å²) in [7, 11) is 0. The molecule has 4 rings (SSSR count). The van der Waals surface area contributed by atoms with Crippen LogP contribution < -0.4 is 11.1 Å². The summed E-state index contributed by atoms with van der Waals surface area (Å²) >= 11 is 1.36. The molecule has 4 N–H and O–H groups in total. The Bertz CT molecular complexity index is 1470. The summed E-state index contributed by atoms with van der Waals surface area (Å²) in [4.78, 5) is 46.7. The summed E-state index contributed by atoms with van der Waals surface area (Å²) in [5.74, 6) is -1.24. The number of carbonyl (C=O) groups excluding carboxylic acids is 3. The fourth-order valence-corrected chi connectivity index (χ4v) is 5.20. The highest BCUT2D eigenvalue weighted by atomic mass is 32.2. The molecule has 1 heterocycles. The number of hydrogen-bond donors (Lipinski definition) is 3. The molecule has 0 fully saturated rings. The lowest BCUT2D eigenvalue weighted by Crippen LogP contribution is -2.51. The monoisotopic (exact) mass is 568 g/mol. The number of hydrogen-bond acceptors (Lipinski definition) is 6. The third-order valence-corrected chi connectivity index (χ3v) is 7.56. The zero-order valence-corrected chi connectivity index (χ0v) is 23.5. The van der Waals surface area contributed by atoms with Gasteiger partial charge in [-0.2, -0.15) is 0 Å². The van der Waals surface area contributed by atoms with Crippen molar-refractivity contribution in [3.05, 3.63) is 126 Å². The number of aryl methyl sites for hydroxylation is 1. The summed E-state index contributed by atoms with van der Waals surface area (Å²) < 4.78 is 0. The van der Waals surface area contributed by atoms with E-state index in [1.807, 2.05) is 48.5 Å². The van der Waals surface area contributed by atoms with Gasteiger partial charge in [-0.3, -0.25) is 19.4 Å². The predicted molar refractivity (Wildman–Crippen MR) is 159 cm³/mol.